The molecular weight excluding hydrogens is 778 g/mol. The molecule has 2 aromatic heterocycles. The Balaban J connectivity index is 1.33. The Morgan fingerprint density at radius 3 is 1.34 bits per heavy atom. The summed E-state index contributed by atoms with van der Waals surface area (Å²) in [6.07, 6.45) is -4.75. The van der Waals surface area contributed by atoms with Gasteiger partial charge in [-0.2, -0.15) is 34.2 Å². The third-order valence-corrected chi connectivity index (χ3v) is 11.5. The van der Waals surface area contributed by atoms with Crippen LogP contribution in [0.4, 0.5) is 13.2 Å². The highest BCUT2D eigenvalue weighted by Gasteiger charge is 2.32. The molecule has 0 saturated carbocycles. The molecule has 0 aliphatic carbocycles. The van der Waals surface area contributed by atoms with E-state index in [0.717, 1.165) is 78.0 Å². The molecule has 10 rings (SSSR count). The van der Waals surface area contributed by atoms with Gasteiger partial charge in [0.15, 0.2) is 0 Å². The summed E-state index contributed by atoms with van der Waals surface area (Å²) in [6, 6.07) is 57.8. The Labute approximate surface area is 352 Å². The summed E-state index contributed by atoms with van der Waals surface area (Å²) in [6.45, 7) is 0. The number of hydrogen-bond acceptors (Lipinski definition) is 4. The van der Waals surface area contributed by atoms with Crippen molar-refractivity contribution in [3.8, 4) is 69.0 Å². The van der Waals surface area contributed by atoms with Crippen molar-refractivity contribution in [3.63, 3.8) is 0 Å². The molecule has 10 aromatic rings. The van der Waals surface area contributed by atoms with Crippen LogP contribution in [0.3, 0.4) is 0 Å². The van der Waals surface area contributed by atoms with Crippen molar-refractivity contribution in [3.05, 3.63) is 192 Å². The van der Waals surface area contributed by atoms with E-state index in [1.807, 2.05) is 121 Å². The van der Waals surface area contributed by atoms with E-state index in [-0.39, 0.29) is 22.3 Å². The predicted octanol–water partition coefficient (Wildman–Crippen LogP) is 13.4. The van der Waals surface area contributed by atoms with Crippen LogP contribution in [0.5, 0.6) is 0 Å². The molecule has 0 N–H and O–H groups in total. The third kappa shape index (κ3) is 5.93. The highest BCUT2D eigenvalue weighted by atomic mass is 19.4. The molecule has 2 heterocycles. The Morgan fingerprint density at radius 1 is 0.371 bits per heavy atom. The van der Waals surface area contributed by atoms with Gasteiger partial charge in [0.1, 0.15) is 0 Å². The number of fused-ring (bicyclic) bond motifs is 6. The minimum Gasteiger partial charge on any atom is -0.307 e. The molecule has 0 spiro atoms. The molecule has 0 amide bonds. The standard InChI is InChI=1S/C53H27F3N6/c54-53(55,56)39-22-32(28-57)21-37(23-39)44-27-52(62-48-16-8-6-14-43(48)46-25-34(18-20-50(46)62)41-12-4-2-10-36(41)30-59)51(26-38(44)31-60)61-47-15-7-5-13-42(47)45-24-33(17-19-49(45)61)40-11-3-1-9-35(40)29-58/h1-27H. The zero-order valence-corrected chi connectivity index (χ0v) is 32.4. The fourth-order valence-corrected chi connectivity index (χ4v) is 8.74. The van der Waals surface area contributed by atoms with Crippen LogP contribution in [0.25, 0.3) is 88.4 Å². The number of rotatable bonds is 5. The maximum absolute atomic E-state index is 14.3. The SMILES string of the molecule is N#Cc1cc(-c2cc(-n3c4ccccc4c4cc(-c5ccccc5C#N)ccc43)c(-n3c4ccccc4c4cc(-c5ccccc5C#N)ccc43)cc2C#N)cc(C(F)(F)F)c1. The second-order valence-corrected chi connectivity index (χ2v) is 14.9. The molecule has 0 unspecified atom stereocenters. The minimum absolute atomic E-state index is 0.0694. The number of nitrogens with zero attached hydrogens (tertiary/aromatic N) is 6. The maximum Gasteiger partial charge on any atom is 0.416 e. The average molecular weight is 805 g/mol. The van der Waals surface area contributed by atoms with Crippen LogP contribution in [0.15, 0.2) is 164 Å². The third-order valence-electron chi connectivity index (χ3n) is 11.5. The van der Waals surface area contributed by atoms with E-state index in [4.69, 9.17) is 0 Å². The van der Waals surface area contributed by atoms with Gasteiger partial charge in [-0.25, -0.2) is 0 Å². The number of hydrogen-bond donors (Lipinski definition) is 0. The lowest BCUT2D eigenvalue weighted by Crippen LogP contribution is -2.07. The summed E-state index contributed by atoms with van der Waals surface area (Å²) < 4.78 is 47.2. The van der Waals surface area contributed by atoms with Gasteiger partial charge in [-0.05, 0) is 107 Å². The van der Waals surface area contributed by atoms with Crippen LogP contribution in [0, 0.1) is 45.3 Å². The van der Waals surface area contributed by atoms with Gasteiger partial charge in [-0.15, -0.1) is 0 Å². The summed E-state index contributed by atoms with van der Waals surface area (Å²) in [7, 11) is 0. The monoisotopic (exact) mass is 804 g/mol. The first-order valence-electron chi connectivity index (χ1n) is 19.5. The molecule has 0 aliphatic rings. The van der Waals surface area contributed by atoms with Crippen LogP contribution in [0.1, 0.15) is 27.8 Å². The molecule has 0 saturated heterocycles. The number of aromatic nitrogens is 2. The van der Waals surface area contributed by atoms with Crippen molar-refractivity contribution in [1.29, 1.82) is 21.0 Å². The predicted molar refractivity (Wildman–Crippen MR) is 235 cm³/mol. The van der Waals surface area contributed by atoms with Crippen LogP contribution < -0.4 is 0 Å². The van der Waals surface area contributed by atoms with E-state index < -0.39 is 11.7 Å². The summed E-state index contributed by atoms with van der Waals surface area (Å²) >= 11 is 0. The van der Waals surface area contributed by atoms with E-state index in [1.165, 1.54) is 6.07 Å². The lowest BCUT2D eigenvalue weighted by molar-refractivity contribution is -0.137. The maximum atomic E-state index is 14.3. The first-order chi connectivity index (χ1) is 30.2. The van der Waals surface area contributed by atoms with Gasteiger partial charge < -0.3 is 9.13 Å². The zero-order valence-electron chi connectivity index (χ0n) is 32.4. The smallest absolute Gasteiger partial charge is 0.307 e. The van der Waals surface area contributed by atoms with E-state index >= 15 is 0 Å². The van der Waals surface area contributed by atoms with Crippen LogP contribution in [0.2, 0.25) is 0 Å². The lowest BCUT2D eigenvalue weighted by atomic mass is 9.94. The van der Waals surface area contributed by atoms with Gasteiger partial charge in [0.05, 0.1) is 85.5 Å². The van der Waals surface area contributed by atoms with Gasteiger partial charge in [0, 0.05) is 27.1 Å². The number of halogens is 3. The number of nitriles is 4. The van der Waals surface area contributed by atoms with Gasteiger partial charge in [-0.3, -0.25) is 0 Å². The van der Waals surface area contributed by atoms with Crippen molar-refractivity contribution in [2.75, 3.05) is 0 Å². The Kier molecular flexibility index (Phi) is 8.70. The van der Waals surface area contributed by atoms with Crippen molar-refractivity contribution in [2.45, 2.75) is 6.18 Å². The molecule has 0 fully saturated rings. The number of benzene rings is 8. The van der Waals surface area contributed by atoms with Crippen LogP contribution >= 0.6 is 0 Å². The van der Waals surface area contributed by atoms with Crippen molar-refractivity contribution >= 4 is 43.6 Å². The largest absolute Gasteiger partial charge is 0.416 e. The fourth-order valence-electron chi connectivity index (χ4n) is 8.74. The average Bonchev–Trinajstić information content (AvgIpc) is 3.82. The molecule has 62 heavy (non-hydrogen) atoms. The topological polar surface area (TPSA) is 105 Å². The molecule has 290 valence electrons. The molecule has 0 radical (unpaired) electrons. The first-order valence-corrected chi connectivity index (χ1v) is 19.5. The van der Waals surface area contributed by atoms with Crippen molar-refractivity contribution < 1.29 is 13.2 Å². The van der Waals surface area contributed by atoms with E-state index in [2.05, 4.69) is 33.4 Å². The highest BCUT2D eigenvalue weighted by molar-refractivity contribution is 6.13. The van der Waals surface area contributed by atoms with Crippen molar-refractivity contribution in [2.24, 2.45) is 0 Å². The molecule has 0 aliphatic heterocycles. The summed E-state index contributed by atoms with van der Waals surface area (Å²) in [5.74, 6) is 0. The lowest BCUT2D eigenvalue weighted by Gasteiger charge is -2.20. The van der Waals surface area contributed by atoms with Crippen LogP contribution in [-0.2, 0) is 6.18 Å². The van der Waals surface area contributed by atoms with Gasteiger partial charge in [0.25, 0.3) is 0 Å². The summed E-state index contributed by atoms with van der Waals surface area (Å²) in [4.78, 5) is 0. The van der Waals surface area contributed by atoms with E-state index in [1.54, 1.807) is 24.3 Å². The van der Waals surface area contributed by atoms with E-state index in [9.17, 15) is 34.2 Å². The normalized spacial score (nSPS) is 11.4. The van der Waals surface area contributed by atoms with Crippen molar-refractivity contribution in [1.82, 2.24) is 9.13 Å². The Bertz CT molecular complexity index is 3690. The summed E-state index contributed by atoms with van der Waals surface area (Å²) in [5.41, 5.74) is 7.82. The quantitative estimate of drug-likeness (QED) is 0.173. The number of alkyl halides is 3. The molecule has 8 aromatic carbocycles. The minimum atomic E-state index is -4.75. The Morgan fingerprint density at radius 2 is 0.839 bits per heavy atom. The number of para-hydroxylation sites is 2. The fraction of sp³-hybridized carbons (Fsp3) is 0.0189. The molecule has 6 nitrogen and oxygen atoms in total. The Hall–Kier alpha value is -8.89. The molecule has 0 atom stereocenters. The molecular formula is C53H27F3N6. The van der Waals surface area contributed by atoms with E-state index in [0.29, 0.717) is 22.5 Å². The summed E-state index contributed by atoms with van der Waals surface area (Å²) in [5, 5.41) is 44.2. The van der Waals surface area contributed by atoms with Gasteiger partial charge >= 0.3 is 6.18 Å². The highest BCUT2D eigenvalue weighted by Crippen LogP contribution is 2.43. The first kappa shape index (κ1) is 37.4. The van der Waals surface area contributed by atoms with Gasteiger partial charge in [-0.1, -0.05) is 84.9 Å². The second kappa shape index (κ2) is 14.4. The van der Waals surface area contributed by atoms with Gasteiger partial charge in [0.2, 0.25) is 0 Å². The molecule has 0 bridgehead atoms. The molecule has 9 heteroatoms. The van der Waals surface area contributed by atoms with Crippen LogP contribution in [-0.4, -0.2) is 9.13 Å². The zero-order chi connectivity index (χ0) is 42.7. The second-order valence-electron chi connectivity index (χ2n) is 14.9.